The average Bonchev–Trinajstić information content (AvgIpc) is 3.33. The summed E-state index contributed by atoms with van der Waals surface area (Å²) in [5.41, 5.74) is 1.12. The zero-order valence-corrected chi connectivity index (χ0v) is 19.8. The smallest absolute Gasteiger partial charge is 0.254 e. The summed E-state index contributed by atoms with van der Waals surface area (Å²) in [4.78, 5) is 30.2. The molecule has 174 valence electrons. The van der Waals surface area contributed by atoms with E-state index < -0.39 is 5.54 Å². The van der Waals surface area contributed by atoms with Gasteiger partial charge in [0.2, 0.25) is 5.91 Å². The first kappa shape index (κ1) is 24.1. The highest BCUT2D eigenvalue weighted by Gasteiger charge is 2.31. The Balaban J connectivity index is 1.78. The van der Waals surface area contributed by atoms with Crippen molar-refractivity contribution < 1.29 is 18.7 Å². The lowest BCUT2D eigenvalue weighted by atomic mass is 10.0. The third-order valence-corrected chi connectivity index (χ3v) is 5.48. The summed E-state index contributed by atoms with van der Waals surface area (Å²) in [6.45, 7) is 6.66. The number of rotatable bonds is 9. The number of hydrogen-bond acceptors (Lipinski definition) is 4. The maximum absolute atomic E-state index is 13.5. The summed E-state index contributed by atoms with van der Waals surface area (Å²) >= 11 is 0. The Morgan fingerprint density at radius 1 is 0.939 bits per heavy atom. The van der Waals surface area contributed by atoms with Crippen molar-refractivity contribution in [1.29, 1.82) is 0 Å². The molecule has 1 aromatic heterocycles. The molecule has 2 amide bonds. The predicted octanol–water partition coefficient (Wildman–Crippen LogP) is 4.80. The molecule has 0 radical (unpaired) electrons. The minimum absolute atomic E-state index is 0.0239. The molecule has 0 bridgehead atoms. The molecule has 3 aromatic rings. The fourth-order valence-corrected chi connectivity index (χ4v) is 3.53. The predicted molar refractivity (Wildman–Crippen MR) is 128 cm³/mol. The van der Waals surface area contributed by atoms with E-state index in [1.165, 1.54) is 0 Å². The second-order valence-corrected chi connectivity index (χ2v) is 8.92. The van der Waals surface area contributed by atoms with Crippen LogP contribution in [-0.2, 0) is 17.8 Å². The highest BCUT2D eigenvalue weighted by molar-refractivity contribution is 5.97. The number of furan rings is 1. The van der Waals surface area contributed by atoms with Crippen LogP contribution in [0.5, 0.6) is 5.75 Å². The Hall–Kier alpha value is -3.54. The number of carbonyl (C=O) groups excluding carboxylic acids is 2. The molecule has 0 fully saturated rings. The van der Waals surface area contributed by atoms with E-state index in [0.29, 0.717) is 30.2 Å². The van der Waals surface area contributed by atoms with Gasteiger partial charge in [-0.25, -0.2) is 0 Å². The molecule has 0 unspecified atom stereocenters. The highest BCUT2D eigenvalue weighted by atomic mass is 16.5. The summed E-state index contributed by atoms with van der Waals surface area (Å²) < 4.78 is 10.7. The Morgan fingerprint density at radius 3 is 2.21 bits per heavy atom. The van der Waals surface area contributed by atoms with Crippen molar-refractivity contribution in [3.63, 3.8) is 0 Å². The van der Waals surface area contributed by atoms with Gasteiger partial charge in [0.1, 0.15) is 18.1 Å². The fourth-order valence-electron chi connectivity index (χ4n) is 3.53. The van der Waals surface area contributed by atoms with Crippen LogP contribution in [0.4, 0.5) is 0 Å². The van der Waals surface area contributed by atoms with Crippen LogP contribution in [0.15, 0.2) is 77.4 Å². The number of hydrogen-bond donors (Lipinski definition) is 0. The molecule has 6 nitrogen and oxygen atoms in total. The summed E-state index contributed by atoms with van der Waals surface area (Å²) in [5, 5.41) is 0. The van der Waals surface area contributed by atoms with Crippen LogP contribution in [0, 0.1) is 0 Å². The largest absolute Gasteiger partial charge is 0.497 e. The minimum Gasteiger partial charge on any atom is -0.497 e. The molecular formula is C27H32N2O4. The van der Waals surface area contributed by atoms with Gasteiger partial charge in [-0.15, -0.1) is 0 Å². The van der Waals surface area contributed by atoms with E-state index in [0.717, 1.165) is 12.0 Å². The average molecular weight is 449 g/mol. The van der Waals surface area contributed by atoms with E-state index in [4.69, 9.17) is 9.15 Å². The van der Waals surface area contributed by atoms with Gasteiger partial charge in [0.25, 0.3) is 5.91 Å². The maximum atomic E-state index is 13.5. The molecule has 0 aliphatic carbocycles. The molecule has 0 aliphatic heterocycles. The summed E-state index contributed by atoms with van der Waals surface area (Å²) in [6, 6.07) is 20.6. The van der Waals surface area contributed by atoms with Crippen molar-refractivity contribution in [3.8, 4) is 5.75 Å². The van der Waals surface area contributed by atoms with Crippen molar-refractivity contribution in [2.75, 3.05) is 20.2 Å². The molecule has 2 aromatic carbocycles. The highest BCUT2D eigenvalue weighted by Crippen LogP contribution is 2.20. The molecule has 6 heteroatoms. The standard InChI is InChI=1S/C27H32N2O4/c1-27(2,3)29(26(31)22-12-14-23(32-4)15-13-22)20-25(30)28(19-24-11-8-18-33-24)17-16-21-9-6-5-7-10-21/h5-15,18H,16-17,19-20H2,1-4H3. The van der Waals surface area contributed by atoms with Crippen LogP contribution in [0.1, 0.15) is 42.5 Å². The molecule has 1 heterocycles. The molecule has 0 spiro atoms. The summed E-state index contributed by atoms with van der Waals surface area (Å²) in [5.74, 6) is 1.06. The van der Waals surface area contributed by atoms with Gasteiger partial charge in [-0.05, 0) is 69.2 Å². The van der Waals surface area contributed by atoms with Gasteiger partial charge in [-0.2, -0.15) is 0 Å². The minimum atomic E-state index is -0.539. The lowest BCUT2D eigenvalue weighted by Crippen LogP contribution is -2.51. The molecule has 3 rings (SSSR count). The Morgan fingerprint density at radius 2 is 1.64 bits per heavy atom. The normalized spacial score (nSPS) is 11.2. The van der Waals surface area contributed by atoms with Gasteiger partial charge in [0, 0.05) is 17.6 Å². The fraction of sp³-hybridized carbons (Fsp3) is 0.333. The van der Waals surface area contributed by atoms with Gasteiger partial charge in [-0.1, -0.05) is 30.3 Å². The third kappa shape index (κ3) is 6.72. The topological polar surface area (TPSA) is 63.0 Å². The third-order valence-electron chi connectivity index (χ3n) is 5.48. The van der Waals surface area contributed by atoms with Crippen LogP contribution < -0.4 is 4.74 Å². The van der Waals surface area contributed by atoms with E-state index in [-0.39, 0.29) is 18.4 Å². The molecule has 0 saturated heterocycles. The van der Waals surface area contributed by atoms with Crippen LogP contribution in [0.25, 0.3) is 0 Å². The van der Waals surface area contributed by atoms with Crippen LogP contribution >= 0.6 is 0 Å². The number of methoxy groups -OCH3 is 1. The van der Waals surface area contributed by atoms with Crippen LogP contribution in [-0.4, -0.2) is 47.4 Å². The van der Waals surface area contributed by atoms with E-state index in [1.807, 2.05) is 63.2 Å². The number of ether oxygens (including phenoxy) is 1. The van der Waals surface area contributed by atoms with Crippen molar-refractivity contribution in [2.24, 2.45) is 0 Å². The zero-order chi connectivity index (χ0) is 23.8. The molecule has 0 aliphatic rings. The maximum Gasteiger partial charge on any atom is 0.254 e. The Bertz CT molecular complexity index is 1020. The zero-order valence-electron chi connectivity index (χ0n) is 19.8. The number of benzene rings is 2. The van der Waals surface area contributed by atoms with Crippen molar-refractivity contribution in [2.45, 2.75) is 39.3 Å². The van der Waals surface area contributed by atoms with E-state index in [2.05, 4.69) is 0 Å². The van der Waals surface area contributed by atoms with Gasteiger partial charge in [-0.3, -0.25) is 9.59 Å². The van der Waals surface area contributed by atoms with E-state index in [1.54, 1.807) is 47.4 Å². The molecule has 33 heavy (non-hydrogen) atoms. The van der Waals surface area contributed by atoms with Gasteiger partial charge < -0.3 is 19.0 Å². The number of nitrogens with zero attached hydrogens (tertiary/aromatic N) is 2. The van der Waals surface area contributed by atoms with Crippen LogP contribution in [0.3, 0.4) is 0 Å². The second-order valence-electron chi connectivity index (χ2n) is 8.92. The van der Waals surface area contributed by atoms with Gasteiger partial charge in [0.15, 0.2) is 0 Å². The Labute approximate surface area is 195 Å². The Kier molecular flexibility index (Phi) is 7.93. The monoisotopic (exact) mass is 448 g/mol. The number of amides is 2. The van der Waals surface area contributed by atoms with Crippen LogP contribution in [0.2, 0.25) is 0 Å². The van der Waals surface area contributed by atoms with Gasteiger partial charge >= 0.3 is 0 Å². The van der Waals surface area contributed by atoms with Crippen molar-refractivity contribution in [1.82, 2.24) is 9.80 Å². The quantitative estimate of drug-likeness (QED) is 0.472. The first-order chi connectivity index (χ1) is 15.8. The molecule has 0 atom stereocenters. The van der Waals surface area contributed by atoms with Crippen molar-refractivity contribution >= 4 is 11.8 Å². The summed E-state index contributed by atoms with van der Waals surface area (Å²) in [6.07, 6.45) is 2.32. The number of carbonyl (C=O) groups is 2. The lowest BCUT2D eigenvalue weighted by molar-refractivity contribution is -0.133. The first-order valence-electron chi connectivity index (χ1n) is 11.1. The molecule has 0 N–H and O–H groups in total. The lowest BCUT2D eigenvalue weighted by Gasteiger charge is -2.36. The second kappa shape index (κ2) is 10.9. The molecular weight excluding hydrogens is 416 g/mol. The first-order valence-corrected chi connectivity index (χ1v) is 11.1. The van der Waals surface area contributed by atoms with E-state index >= 15 is 0 Å². The van der Waals surface area contributed by atoms with Gasteiger partial charge in [0.05, 0.1) is 19.9 Å². The SMILES string of the molecule is COc1ccc(C(=O)N(CC(=O)N(CCc2ccccc2)Cc2ccco2)C(C)(C)C)cc1. The van der Waals surface area contributed by atoms with E-state index in [9.17, 15) is 9.59 Å². The molecule has 0 saturated carbocycles. The summed E-state index contributed by atoms with van der Waals surface area (Å²) in [7, 11) is 1.58. The van der Waals surface area contributed by atoms with Crippen molar-refractivity contribution in [3.05, 3.63) is 89.9 Å².